The number of hydrogen-bond donors (Lipinski definition) is 2. The number of amides is 2. The monoisotopic (exact) mass is 446 g/mol. The number of likely N-dealkylation sites (tertiary alicyclic amines) is 1. The molecular formula is C25H35ClN2O3. The number of carbonyl (C=O) groups excluding carboxylic acids is 2. The van der Waals surface area contributed by atoms with E-state index in [2.05, 4.69) is 5.32 Å². The minimum Gasteiger partial charge on any atom is -0.384 e. The smallest absolute Gasteiger partial charge is 0.227 e. The van der Waals surface area contributed by atoms with Gasteiger partial charge in [0.25, 0.3) is 0 Å². The van der Waals surface area contributed by atoms with Crippen molar-refractivity contribution in [2.75, 3.05) is 13.1 Å². The number of aliphatic hydroxyl groups is 1. The topological polar surface area (TPSA) is 69.6 Å². The lowest BCUT2D eigenvalue weighted by Gasteiger charge is -2.51. The molecule has 4 rings (SSSR count). The molecule has 170 valence electrons. The molecule has 0 spiro atoms. The van der Waals surface area contributed by atoms with Gasteiger partial charge in [0.1, 0.15) is 0 Å². The third-order valence-corrected chi connectivity index (χ3v) is 8.22. The summed E-state index contributed by atoms with van der Waals surface area (Å²) in [6.45, 7) is 5.05. The van der Waals surface area contributed by atoms with Crippen LogP contribution in [0.5, 0.6) is 0 Å². The highest BCUT2D eigenvalue weighted by atomic mass is 35.5. The van der Waals surface area contributed by atoms with E-state index in [0.29, 0.717) is 24.5 Å². The molecule has 1 heterocycles. The zero-order valence-corrected chi connectivity index (χ0v) is 19.5. The number of nitrogens with one attached hydrogen (secondary N) is 1. The Balaban J connectivity index is 1.43. The van der Waals surface area contributed by atoms with Gasteiger partial charge in [-0.2, -0.15) is 0 Å². The van der Waals surface area contributed by atoms with Gasteiger partial charge in [0.05, 0.1) is 11.5 Å². The van der Waals surface area contributed by atoms with Gasteiger partial charge >= 0.3 is 0 Å². The van der Waals surface area contributed by atoms with Gasteiger partial charge in [-0.15, -0.1) is 0 Å². The van der Waals surface area contributed by atoms with Crippen LogP contribution in [0.3, 0.4) is 0 Å². The third-order valence-electron chi connectivity index (χ3n) is 7.97. The predicted octanol–water partition coefficient (Wildman–Crippen LogP) is 4.26. The first kappa shape index (κ1) is 22.6. The first-order valence-electron chi connectivity index (χ1n) is 11.8. The molecule has 3 atom stereocenters. The second-order valence-electron chi connectivity index (χ2n) is 10.4. The normalized spacial score (nSPS) is 31.0. The minimum atomic E-state index is -1.01. The van der Waals surface area contributed by atoms with Gasteiger partial charge in [0.2, 0.25) is 11.8 Å². The second kappa shape index (κ2) is 8.74. The molecule has 3 aliphatic rings. The number of nitrogens with zero attached hydrogens (tertiary/aromatic N) is 1. The maximum Gasteiger partial charge on any atom is 0.227 e. The number of carbonyl (C=O) groups is 2. The maximum absolute atomic E-state index is 13.5. The molecule has 0 bridgehead atoms. The summed E-state index contributed by atoms with van der Waals surface area (Å²) in [6.07, 6.45) is 7.36. The molecule has 1 aromatic carbocycles. The Hall–Kier alpha value is -1.59. The number of hydrogen-bond acceptors (Lipinski definition) is 3. The Kier molecular flexibility index (Phi) is 6.37. The van der Waals surface area contributed by atoms with Crippen LogP contribution in [0.2, 0.25) is 5.02 Å². The predicted molar refractivity (Wildman–Crippen MR) is 122 cm³/mol. The van der Waals surface area contributed by atoms with Gasteiger partial charge in [0.15, 0.2) is 0 Å². The summed E-state index contributed by atoms with van der Waals surface area (Å²) in [5, 5.41) is 15.4. The fourth-order valence-electron chi connectivity index (χ4n) is 5.92. The van der Waals surface area contributed by atoms with Crippen molar-refractivity contribution < 1.29 is 14.7 Å². The third kappa shape index (κ3) is 4.36. The fraction of sp³-hybridized carbons (Fsp3) is 0.680. The lowest BCUT2D eigenvalue weighted by atomic mass is 9.66. The van der Waals surface area contributed by atoms with E-state index in [9.17, 15) is 14.7 Å². The van der Waals surface area contributed by atoms with Crippen molar-refractivity contribution in [2.24, 2.45) is 17.3 Å². The summed E-state index contributed by atoms with van der Waals surface area (Å²) in [6, 6.07) is 7.32. The lowest BCUT2D eigenvalue weighted by molar-refractivity contribution is -0.157. The van der Waals surface area contributed by atoms with E-state index in [1.54, 1.807) is 12.1 Å². The average Bonchev–Trinajstić information content (AvgIpc) is 3.42. The van der Waals surface area contributed by atoms with Crippen LogP contribution in [0.4, 0.5) is 0 Å². The first-order valence-corrected chi connectivity index (χ1v) is 12.2. The molecule has 0 radical (unpaired) electrons. The molecule has 0 unspecified atom stereocenters. The molecule has 6 heteroatoms. The average molecular weight is 447 g/mol. The zero-order chi connectivity index (χ0) is 22.2. The van der Waals surface area contributed by atoms with Gasteiger partial charge in [-0.3, -0.25) is 9.59 Å². The maximum atomic E-state index is 13.5. The summed E-state index contributed by atoms with van der Waals surface area (Å²) in [4.78, 5) is 28.0. The molecule has 1 aromatic rings. The van der Waals surface area contributed by atoms with E-state index < -0.39 is 11.0 Å². The van der Waals surface area contributed by atoms with Crippen LogP contribution in [0.15, 0.2) is 24.3 Å². The van der Waals surface area contributed by atoms with E-state index in [4.69, 9.17) is 11.6 Å². The minimum absolute atomic E-state index is 0.0548. The van der Waals surface area contributed by atoms with E-state index in [0.717, 1.165) is 50.5 Å². The molecule has 2 aliphatic carbocycles. The molecule has 1 saturated heterocycles. The van der Waals surface area contributed by atoms with E-state index >= 15 is 0 Å². The Labute approximate surface area is 190 Å². The summed E-state index contributed by atoms with van der Waals surface area (Å²) < 4.78 is 0. The quantitative estimate of drug-likeness (QED) is 0.725. The number of benzene rings is 1. The molecule has 2 saturated carbocycles. The molecule has 1 aliphatic heterocycles. The van der Waals surface area contributed by atoms with Crippen molar-refractivity contribution in [1.82, 2.24) is 10.2 Å². The number of halogens is 1. The van der Waals surface area contributed by atoms with Gasteiger partial charge in [-0.25, -0.2) is 0 Å². The Bertz CT molecular complexity index is 819. The van der Waals surface area contributed by atoms with Crippen LogP contribution in [0, 0.1) is 17.3 Å². The van der Waals surface area contributed by atoms with Crippen molar-refractivity contribution in [3.05, 3.63) is 34.9 Å². The summed E-state index contributed by atoms with van der Waals surface area (Å²) in [5.41, 5.74) is -0.674. The highest BCUT2D eigenvalue weighted by Gasteiger charge is 2.51. The van der Waals surface area contributed by atoms with Crippen molar-refractivity contribution in [3.63, 3.8) is 0 Å². The number of rotatable bonds is 4. The number of piperidine rings is 1. The summed E-state index contributed by atoms with van der Waals surface area (Å²) in [5.74, 6) is 0.237. The Morgan fingerprint density at radius 3 is 2.39 bits per heavy atom. The van der Waals surface area contributed by atoms with Crippen molar-refractivity contribution in [2.45, 2.75) is 76.9 Å². The molecular weight excluding hydrogens is 412 g/mol. The highest BCUT2D eigenvalue weighted by molar-refractivity contribution is 6.30. The Morgan fingerprint density at radius 1 is 1.06 bits per heavy atom. The van der Waals surface area contributed by atoms with Gasteiger partial charge in [-0.05, 0) is 49.8 Å². The SMILES string of the molecule is CC1(C)CN(C(=O)[C@H]2CCC[C@H]2NC(=O)C2CCCC2)CC[C@]1(O)c1ccc(Cl)cc1. The van der Waals surface area contributed by atoms with Crippen LogP contribution >= 0.6 is 11.6 Å². The second-order valence-corrected chi connectivity index (χ2v) is 10.8. The fourth-order valence-corrected chi connectivity index (χ4v) is 6.05. The largest absolute Gasteiger partial charge is 0.384 e. The van der Waals surface area contributed by atoms with E-state index in [1.807, 2.05) is 30.9 Å². The summed E-state index contributed by atoms with van der Waals surface area (Å²) in [7, 11) is 0. The van der Waals surface area contributed by atoms with Crippen molar-refractivity contribution in [1.29, 1.82) is 0 Å². The molecule has 2 N–H and O–H groups in total. The molecule has 3 fully saturated rings. The van der Waals surface area contributed by atoms with Gasteiger partial charge in [-0.1, -0.05) is 56.8 Å². The molecule has 2 amide bonds. The van der Waals surface area contributed by atoms with E-state index in [-0.39, 0.29) is 29.7 Å². The Morgan fingerprint density at radius 2 is 1.74 bits per heavy atom. The van der Waals surface area contributed by atoms with Gasteiger partial charge < -0.3 is 15.3 Å². The highest BCUT2D eigenvalue weighted by Crippen LogP contribution is 2.46. The van der Waals surface area contributed by atoms with Crippen LogP contribution in [-0.4, -0.2) is 41.0 Å². The van der Waals surface area contributed by atoms with Crippen LogP contribution < -0.4 is 5.32 Å². The van der Waals surface area contributed by atoms with Crippen LogP contribution in [-0.2, 0) is 15.2 Å². The molecule has 0 aromatic heterocycles. The molecule has 31 heavy (non-hydrogen) atoms. The van der Waals surface area contributed by atoms with Crippen LogP contribution in [0.25, 0.3) is 0 Å². The summed E-state index contributed by atoms with van der Waals surface area (Å²) >= 11 is 6.03. The van der Waals surface area contributed by atoms with E-state index in [1.165, 1.54) is 0 Å². The van der Waals surface area contributed by atoms with Crippen LogP contribution in [0.1, 0.15) is 70.8 Å². The lowest BCUT2D eigenvalue weighted by Crippen LogP contribution is -2.58. The molecule has 5 nitrogen and oxygen atoms in total. The zero-order valence-electron chi connectivity index (χ0n) is 18.7. The standard InChI is InChI=1S/C25H35ClN2O3/c1-24(2)16-28(15-14-25(24,31)18-10-12-19(26)13-11-18)23(30)20-8-5-9-21(20)27-22(29)17-6-3-4-7-17/h10-13,17,20-21,31H,3-9,14-16H2,1-2H3,(H,27,29)/t20-,21+,25-/m0/s1. The van der Waals surface area contributed by atoms with Crippen molar-refractivity contribution in [3.8, 4) is 0 Å². The first-order chi connectivity index (χ1) is 14.7. The van der Waals surface area contributed by atoms with Crippen molar-refractivity contribution >= 4 is 23.4 Å². The van der Waals surface area contributed by atoms with Gasteiger partial charge in [0, 0.05) is 35.5 Å².